The minimum Gasteiger partial charge on any atom is -0.354 e. The van der Waals surface area contributed by atoms with E-state index in [0.29, 0.717) is 24.1 Å². The number of carbonyl (C=O) groups excluding carboxylic acids is 1. The fourth-order valence-corrected chi connectivity index (χ4v) is 3.42. The molecule has 2 aliphatic rings. The van der Waals surface area contributed by atoms with Crippen molar-refractivity contribution in [1.82, 2.24) is 24.6 Å². The fourth-order valence-electron chi connectivity index (χ4n) is 3.42. The number of nitrogens with zero attached hydrogens (tertiary/aromatic N) is 5. The van der Waals surface area contributed by atoms with E-state index in [1.165, 1.54) is 0 Å². The van der Waals surface area contributed by atoms with E-state index in [4.69, 9.17) is 0 Å². The lowest BCUT2D eigenvalue weighted by molar-refractivity contribution is 0.0957. The van der Waals surface area contributed by atoms with Crippen LogP contribution in [0.15, 0.2) is 29.5 Å². The molecule has 1 N–H and O–H groups in total. The Kier molecular flexibility index (Phi) is 4.03. The molecule has 2 aromatic heterocycles. The minimum absolute atomic E-state index is 0.00262. The van der Waals surface area contributed by atoms with E-state index in [-0.39, 0.29) is 17.5 Å². The zero-order valence-corrected chi connectivity index (χ0v) is 14.3. The average Bonchev–Trinajstić information content (AvgIpc) is 3.37. The minimum atomic E-state index is -0.191. The van der Waals surface area contributed by atoms with Crippen LogP contribution in [0.2, 0.25) is 0 Å². The maximum absolute atomic E-state index is 12.7. The van der Waals surface area contributed by atoms with E-state index in [1.807, 2.05) is 15.4 Å². The molecule has 2 fully saturated rings. The highest BCUT2D eigenvalue weighted by molar-refractivity contribution is 5.91. The molecule has 1 saturated carbocycles. The molecule has 0 radical (unpaired) electrons. The van der Waals surface area contributed by atoms with Gasteiger partial charge in [0.05, 0.1) is 6.04 Å². The van der Waals surface area contributed by atoms with Crippen molar-refractivity contribution < 1.29 is 4.79 Å². The molecule has 1 atom stereocenters. The van der Waals surface area contributed by atoms with Crippen LogP contribution < -0.4 is 15.8 Å². The van der Waals surface area contributed by atoms with Gasteiger partial charge in [-0.15, -0.1) is 0 Å². The lowest BCUT2D eigenvalue weighted by Gasteiger charge is -2.33. The van der Waals surface area contributed by atoms with Crippen molar-refractivity contribution in [3.63, 3.8) is 0 Å². The van der Waals surface area contributed by atoms with Crippen LogP contribution >= 0.6 is 0 Å². The van der Waals surface area contributed by atoms with Gasteiger partial charge in [-0.25, -0.2) is 4.98 Å². The van der Waals surface area contributed by atoms with Crippen molar-refractivity contribution >= 4 is 11.7 Å². The van der Waals surface area contributed by atoms with Crippen molar-refractivity contribution in [2.24, 2.45) is 0 Å². The number of carbonyl (C=O) groups is 1. The highest BCUT2D eigenvalue weighted by Gasteiger charge is 2.29. The number of hydrogen-bond donors (Lipinski definition) is 1. The molecular weight excluding hydrogens is 320 g/mol. The first-order valence-corrected chi connectivity index (χ1v) is 8.76. The van der Waals surface area contributed by atoms with Crippen LogP contribution in [0.4, 0.5) is 5.82 Å². The molecule has 0 aromatic carbocycles. The van der Waals surface area contributed by atoms with Crippen LogP contribution in [0, 0.1) is 0 Å². The molecule has 8 heteroatoms. The number of rotatable bonds is 4. The van der Waals surface area contributed by atoms with Gasteiger partial charge in [-0.2, -0.15) is 5.10 Å². The van der Waals surface area contributed by atoms with E-state index in [2.05, 4.69) is 20.3 Å². The number of hydrogen-bond acceptors (Lipinski definition) is 5. The maximum Gasteiger partial charge on any atom is 0.293 e. The monoisotopic (exact) mass is 342 g/mol. The summed E-state index contributed by atoms with van der Waals surface area (Å²) in [5.41, 5.74) is 0.408. The van der Waals surface area contributed by atoms with Crippen LogP contribution in [0.5, 0.6) is 0 Å². The Morgan fingerprint density at radius 3 is 2.84 bits per heavy atom. The molecule has 0 spiro atoms. The van der Waals surface area contributed by atoms with Crippen LogP contribution in [0.25, 0.3) is 0 Å². The van der Waals surface area contributed by atoms with E-state index < -0.39 is 0 Å². The van der Waals surface area contributed by atoms with E-state index in [1.54, 1.807) is 25.5 Å². The summed E-state index contributed by atoms with van der Waals surface area (Å²) in [5.74, 6) is 0.334. The molecular formula is C17H22N6O2. The van der Waals surface area contributed by atoms with Gasteiger partial charge in [0.15, 0.2) is 5.82 Å². The molecule has 1 aliphatic carbocycles. The number of anilines is 1. The molecule has 2 aromatic rings. The summed E-state index contributed by atoms with van der Waals surface area (Å²) in [6.07, 6.45) is 9.40. The van der Waals surface area contributed by atoms with Gasteiger partial charge in [-0.05, 0) is 31.7 Å². The SMILES string of the molecule is CNC(=O)c1ccn([C@H]2CCCN(c3nccn(C4CC4)c3=O)C2)n1. The first-order chi connectivity index (χ1) is 12.2. The first kappa shape index (κ1) is 15.9. The third-order valence-electron chi connectivity index (χ3n) is 4.93. The van der Waals surface area contributed by atoms with Gasteiger partial charge in [0.25, 0.3) is 11.5 Å². The quantitative estimate of drug-likeness (QED) is 0.895. The van der Waals surface area contributed by atoms with E-state index in [9.17, 15) is 9.59 Å². The van der Waals surface area contributed by atoms with Gasteiger partial charge < -0.3 is 14.8 Å². The van der Waals surface area contributed by atoms with Crippen molar-refractivity contribution in [2.75, 3.05) is 25.0 Å². The summed E-state index contributed by atoms with van der Waals surface area (Å²) in [7, 11) is 1.59. The Bertz CT molecular complexity index is 838. The molecule has 1 aliphatic heterocycles. The predicted molar refractivity (Wildman–Crippen MR) is 92.9 cm³/mol. The molecule has 25 heavy (non-hydrogen) atoms. The third kappa shape index (κ3) is 3.04. The second-order valence-corrected chi connectivity index (χ2v) is 6.70. The molecule has 4 rings (SSSR count). The molecule has 1 saturated heterocycles. The van der Waals surface area contributed by atoms with Gasteiger partial charge in [0.1, 0.15) is 5.69 Å². The Hall–Kier alpha value is -2.64. The number of amides is 1. The zero-order valence-electron chi connectivity index (χ0n) is 14.3. The zero-order chi connectivity index (χ0) is 17.4. The average molecular weight is 342 g/mol. The summed E-state index contributed by atoms with van der Waals surface area (Å²) < 4.78 is 3.64. The second-order valence-electron chi connectivity index (χ2n) is 6.70. The van der Waals surface area contributed by atoms with Crippen molar-refractivity contribution in [2.45, 2.75) is 37.8 Å². The lowest BCUT2D eigenvalue weighted by Crippen LogP contribution is -2.41. The number of piperidine rings is 1. The largest absolute Gasteiger partial charge is 0.354 e. The molecule has 0 bridgehead atoms. The fraction of sp³-hybridized carbons (Fsp3) is 0.529. The van der Waals surface area contributed by atoms with Crippen molar-refractivity contribution in [3.05, 3.63) is 40.7 Å². The Balaban J connectivity index is 1.55. The van der Waals surface area contributed by atoms with Crippen LogP contribution in [0.1, 0.15) is 48.3 Å². The Morgan fingerprint density at radius 2 is 2.08 bits per heavy atom. The van der Waals surface area contributed by atoms with E-state index in [0.717, 1.165) is 32.2 Å². The van der Waals surface area contributed by atoms with Crippen molar-refractivity contribution in [1.29, 1.82) is 0 Å². The first-order valence-electron chi connectivity index (χ1n) is 8.76. The van der Waals surface area contributed by atoms with Gasteiger partial charge in [-0.3, -0.25) is 14.3 Å². The summed E-state index contributed by atoms with van der Waals surface area (Å²) in [5, 5.41) is 6.97. The Labute approximate surface area is 145 Å². The number of aromatic nitrogens is 4. The van der Waals surface area contributed by atoms with Gasteiger partial charge in [-0.1, -0.05) is 0 Å². The summed E-state index contributed by atoms with van der Waals surface area (Å²) >= 11 is 0. The Morgan fingerprint density at radius 1 is 1.24 bits per heavy atom. The lowest BCUT2D eigenvalue weighted by atomic mass is 10.1. The molecule has 1 amide bonds. The smallest absolute Gasteiger partial charge is 0.293 e. The van der Waals surface area contributed by atoms with Gasteiger partial charge in [0, 0.05) is 44.8 Å². The topological polar surface area (TPSA) is 85.0 Å². The number of nitrogens with one attached hydrogen (secondary N) is 1. The highest BCUT2D eigenvalue weighted by Crippen LogP contribution is 2.33. The summed E-state index contributed by atoms with van der Waals surface area (Å²) in [4.78, 5) is 30.8. The molecule has 8 nitrogen and oxygen atoms in total. The van der Waals surface area contributed by atoms with Crippen LogP contribution in [-0.2, 0) is 0 Å². The summed E-state index contributed by atoms with van der Waals surface area (Å²) in [6.45, 7) is 1.49. The maximum atomic E-state index is 12.7. The standard InChI is InChI=1S/C17H22N6O2/c1-18-16(24)14-6-9-23(20-14)13-3-2-8-21(11-13)15-17(25)22(10-7-19-15)12-4-5-12/h6-7,9-10,12-13H,2-5,8,11H2,1H3,(H,18,24)/t13-/m0/s1. The molecule has 0 unspecified atom stereocenters. The summed E-state index contributed by atoms with van der Waals surface area (Å²) in [6, 6.07) is 2.19. The van der Waals surface area contributed by atoms with Crippen LogP contribution in [-0.4, -0.2) is 45.4 Å². The van der Waals surface area contributed by atoms with Gasteiger partial charge in [0.2, 0.25) is 0 Å². The normalized spacial score (nSPS) is 20.5. The predicted octanol–water partition coefficient (Wildman–Crippen LogP) is 0.976. The van der Waals surface area contributed by atoms with Crippen LogP contribution in [0.3, 0.4) is 0 Å². The molecule has 3 heterocycles. The highest BCUT2D eigenvalue weighted by atomic mass is 16.2. The van der Waals surface area contributed by atoms with Crippen molar-refractivity contribution in [3.8, 4) is 0 Å². The second kappa shape index (κ2) is 6.34. The third-order valence-corrected chi connectivity index (χ3v) is 4.93. The van der Waals surface area contributed by atoms with E-state index >= 15 is 0 Å². The molecule has 132 valence electrons. The van der Waals surface area contributed by atoms with Gasteiger partial charge >= 0.3 is 0 Å².